The third-order valence-corrected chi connectivity index (χ3v) is 4.84. The number of thioether (sulfide) groups is 1. The highest BCUT2D eigenvalue weighted by Crippen LogP contribution is 2.34. The van der Waals surface area contributed by atoms with Crippen LogP contribution in [0.3, 0.4) is 0 Å². The smallest absolute Gasteiger partial charge is 0.0931 e. The summed E-state index contributed by atoms with van der Waals surface area (Å²) in [6, 6.07) is 12.8. The van der Waals surface area contributed by atoms with E-state index in [0.29, 0.717) is 0 Å². The maximum atomic E-state index is 6.05. The fourth-order valence-electron chi connectivity index (χ4n) is 1.96. The number of hydrogen-bond acceptors (Lipinski definition) is 3. The zero-order valence-electron chi connectivity index (χ0n) is 10.4. The van der Waals surface area contributed by atoms with Gasteiger partial charge in [-0.2, -0.15) is 0 Å². The van der Waals surface area contributed by atoms with Crippen LogP contribution in [0.1, 0.15) is 23.4 Å². The van der Waals surface area contributed by atoms with E-state index in [2.05, 4.69) is 48.8 Å². The lowest BCUT2D eigenvalue weighted by Crippen LogP contribution is -2.21. The minimum absolute atomic E-state index is 0.233. The fourth-order valence-corrected chi connectivity index (χ4v) is 3.75. The van der Waals surface area contributed by atoms with Gasteiger partial charge in [-0.05, 0) is 36.6 Å². The first-order valence-electron chi connectivity index (χ1n) is 5.87. The summed E-state index contributed by atoms with van der Waals surface area (Å²) >= 11 is 9.48. The van der Waals surface area contributed by atoms with Crippen molar-refractivity contribution >= 4 is 34.7 Å². The minimum Gasteiger partial charge on any atom is -0.306 e. The largest absolute Gasteiger partial charge is 0.306 e. The Morgan fingerprint density at radius 1 is 1.28 bits per heavy atom. The molecule has 0 radical (unpaired) electrons. The second-order valence-electron chi connectivity index (χ2n) is 3.87. The second-order valence-corrected chi connectivity index (χ2v) is 6.47. The number of halogens is 1. The number of nitrogens with one attached hydrogen (secondary N) is 1. The molecule has 2 aromatic rings. The van der Waals surface area contributed by atoms with Crippen molar-refractivity contribution in [2.45, 2.75) is 17.9 Å². The normalized spacial score (nSPS) is 12.6. The molecule has 96 valence electrons. The summed E-state index contributed by atoms with van der Waals surface area (Å²) in [6.07, 6.45) is 2.11. The van der Waals surface area contributed by atoms with E-state index in [1.54, 1.807) is 23.1 Å². The Labute approximate surface area is 122 Å². The summed E-state index contributed by atoms with van der Waals surface area (Å²) in [5.41, 5.74) is 1.32. The zero-order valence-corrected chi connectivity index (χ0v) is 12.8. The summed E-state index contributed by atoms with van der Waals surface area (Å²) in [5, 5.41) is 3.54. The molecule has 18 heavy (non-hydrogen) atoms. The molecular formula is C14H16ClNS2. The number of rotatable bonds is 5. The Hall–Kier alpha value is -0.480. The predicted octanol–water partition coefficient (Wildman–Crippen LogP) is 4.82. The van der Waals surface area contributed by atoms with Crippen LogP contribution in [0.4, 0.5) is 0 Å². The van der Waals surface area contributed by atoms with Gasteiger partial charge >= 0.3 is 0 Å². The van der Waals surface area contributed by atoms with Gasteiger partial charge in [0.15, 0.2) is 0 Å². The SMILES string of the molecule is CCNC(c1ccc(Cl)s1)c1ccccc1SC. The average molecular weight is 298 g/mol. The van der Waals surface area contributed by atoms with Crippen LogP contribution in [-0.2, 0) is 0 Å². The molecule has 1 aromatic carbocycles. The van der Waals surface area contributed by atoms with Crippen molar-refractivity contribution in [2.24, 2.45) is 0 Å². The number of benzene rings is 1. The molecule has 0 saturated carbocycles. The summed E-state index contributed by atoms with van der Waals surface area (Å²) in [7, 11) is 0. The van der Waals surface area contributed by atoms with Crippen LogP contribution < -0.4 is 5.32 Å². The molecule has 2 rings (SSSR count). The molecule has 1 aromatic heterocycles. The molecule has 1 atom stereocenters. The van der Waals surface area contributed by atoms with Crippen LogP contribution in [0.5, 0.6) is 0 Å². The average Bonchev–Trinajstić information content (AvgIpc) is 2.82. The van der Waals surface area contributed by atoms with Gasteiger partial charge in [0.2, 0.25) is 0 Å². The predicted molar refractivity (Wildman–Crippen MR) is 83.1 cm³/mol. The van der Waals surface area contributed by atoms with Crippen LogP contribution >= 0.6 is 34.7 Å². The number of hydrogen-bond donors (Lipinski definition) is 1. The zero-order chi connectivity index (χ0) is 13.0. The van der Waals surface area contributed by atoms with Crippen LogP contribution in [0.15, 0.2) is 41.3 Å². The Morgan fingerprint density at radius 3 is 2.67 bits per heavy atom. The summed E-state index contributed by atoms with van der Waals surface area (Å²) < 4.78 is 0.842. The van der Waals surface area contributed by atoms with Gasteiger partial charge in [-0.1, -0.05) is 36.7 Å². The highest BCUT2D eigenvalue weighted by atomic mass is 35.5. The molecule has 1 heterocycles. The third-order valence-electron chi connectivity index (χ3n) is 2.74. The monoisotopic (exact) mass is 297 g/mol. The third kappa shape index (κ3) is 3.09. The van der Waals surface area contributed by atoms with E-state index in [0.717, 1.165) is 10.9 Å². The first-order chi connectivity index (χ1) is 8.76. The van der Waals surface area contributed by atoms with Gasteiger partial charge in [-0.25, -0.2) is 0 Å². The van der Waals surface area contributed by atoms with Gasteiger partial charge < -0.3 is 5.32 Å². The summed E-state index contributed by atoms with van der Waals surface area (Å²) in [5.74, 6) is 0. The Bertz CT molecular complexity index is 510. The molecule has 0 fully saturated rings. The van der Waals surface area contributed by atoms with Gasteiger partial charge in [0.25, 0.3) is 0 Å². The lowest BCUT2D eigenvalue weighted by Gasteiger charge is -2.19. The Morgan fingerprint density at radius 2 is 2.06 bits per heavy atom. The van der Waals surface area contributed by atoms with Gasteiger partial charge in [0, 0.05) is 9.77 Å². The molecule has 0 aliphatic carbocycles. The summed E-state index contributed by atoms with van der Waals surface area (Å²) in [6.45, 7) is 3.06. The maximum Gasteiger partial charge on any atom is 0.0931 e. The minimum atomic E-state index is 0.233. The van der Waals surface area contributed by atoms with E-state index in [1.165, 1.54) is 15.3 Å². The van der Waals surface area contributed by atoms with E-state index in [-0.39, 0.29) is 6.04 Å². The van der Waals surface area contributed by atoms with Crippen molar-refractivity contribution in [1.29, 1.82) is 0 Å². The molecule has 1 nitrogen and oxygen atoms in total. The molecule has 0 aliphatic heterocycles. The van der Waals surface area contributed by atoms with Crippen LogP contribution in [0.2, 0.25) is 4.34 Å². The highest BCUT2D eigenvalue weighted by Gasteiger charge is 2.17. The van der Waals surface area contributed by atoms with Crippen LogP contribution in [0, 0.1) is 0 Å². The van der Waals surface area contributed by atoms with E-state index in [9.17, 15) is 0 Å². The molecule has 0 aliphatic rings. The molecule has 0 amide bonds. The van der Waals surface area contributed by atoms with Gasteiger partial charge in [0.1, 0.15) is 0 Å². The van der Waals surface area contributed by atoms with Crippen molar-refractivity contribution in [3.05, 3.63) is 51.2 Å². The molecule has 4 heteroatoms. The van der Waals surface area contributed by atoms with Gasteiger partial charge in [-0.15, -0.1) is 23.1 Å². The molecule has 0 spiro atoms. The van der Waals surface area contributed by atoms with E-state index >= 15 is 0 Å². The number of thiophene rings is 1. The molecule has 0 bridgehead atoms. The van der Waals surface area contributed by atoms with Crippen molar-refractivity contribution in [3.8, 4) is 0 Å². The Kier molecular flexibility index (Phi) is 5.13. The van der Waals surface area contributed by atoms with E-state index < -0.39 is 0 Å². The highest BCUT2D eigenvalue weighted by molar-refractivity contribution is 7.98. The van der Waals surface area contributed by atoms with Crippen molar-refractivity contribution in [1.82, 2.24) is 5.32 Å². The van der Waals surface area contributed by atoms with Crippen molar-refractivity contribution in [3.63, 3.8) is 0 Å². The summed E-state index contributed by atoms with van der Waals surface area (Å²) in [4.78, 5) is 2.58. The first kappa shape index (κ1) is 13.9. The van der Waals surface area contributed by atoms with Gasteiger partial charge in [-0.3, -0.25) is 0 Å². The molecule has 1 unspecified atom stereocenters. The lowest BCUT2D eigenvalue weighted by molar-refractivity contribution is 0.631. The van der Waals surface area contributed by atoms with Crippen LogP contribution in [-0.4, -0.2) is 12.8 Å². The van der Waals surface area contributed by atoms with Crippen molar-refractivity contribution in [2.75, 3.05) is 12.8 Å². The van der Waals surface area contributed by atoms with Crippen LogP contribution in [0.25, 0.3) is 0 Å². The lowest BCUT2D eigenvalue weighted by atomic mass is 10.1. The standard InChI is InChI=1S/C14H16ClNS2/c1-3-16-14(12-8-9-13(15)18-12)10-6-4-5-7-11(10)17-2/h4-9,14,16H,3H2,1-2H3. The molecular weight excluding hydrogens is 282 g/mol. The maximum absolute atomic E-state index is 6.05. The Balaban J connectivity index is 2.41. The van der Waals surface area contributed by atoms with Crippen molar-refractivity contribution < 1.29 is 0 Å². The van der Waals surface area contributed by atoms with E-state index in [4.69, 9.17) is 11.6 Å². The fraction of sp³-hybridized carbons (Fsp3) is 0.286. The molecule has 1 N–H and O–H groups in total. The first-order valence-corrected chi connectivity index (χ1v) is 8.29. The molecule has 0 saturated heterocycles. The topological polar surface area (TPSA) is 12.0 Å². The van der Waals surface area contributed by atoms with Gasteiger partial charge in [0.05, 0.1) is 10.4 Å². The van der Waals surface area contributed by atoms with E-state index in [1.807, 2.05) is 6.07 Å². The quantitative estimate of drug-likeness (QED) is 0.794. The second kappa shape index (κ2) is 6.62.